The lowest BCUT2D eigenvalue weighted by molar-refractivity contribution is -0.123. The molecule has 2 N–H and O–H groups in total. The third-order valence-electron chi connectivity index (χ3n) is 4.21. The van der Waals surface area contributed by atoms with E-state index in [1.165, 1.54) is 6.42 Å². The Balaban J connectivity index is 1.89. The summed E-state index contributed by atoms with van der Waals surface area (Å²) in [6.45, 7) is 9.31. The van der Waals surface area contributed by atoms with Crippen molar-refractivity contribution in [1.29, 1.82) is 0 Å². The summed E-state index contributed by atoms with van der Waals surface area (Å²) in [5.74, 6) is 0.649. The van der Waals surface area contributed by atoms with Gasteiger partial charge in [0.05, 0.1) is 12.4 Å². The van der Waals surface area contributed by atoms with Crippen LogP contribution in [-0.4, -0.2) is 34.6 Å². The summed E-state index contributed by atoms with van der Waals surface area (Å²) in [5, 5.41) is 6.59. The average molecular weight is 292 g/mol. The summed E-state index contributed by atoms with van der Waals surface area (Å²) in [6.07, 6.45) is 8.47. The second-order valence-corrected chi connectivity index (χ2v) is 7.16. The van der Waals surface area contributed by atoms with Crippen LogP contribution in [0, 0.1) is 11.3 Å². The number of aromatic nitrogens is 2. The number of hydrogen-bond acceptors (Lipinski definition) is 3. The van der Waals surface area contributed by atoms with Gasteiger partial charge in [-0.2, -0.15) is 0 Å². The van der Waals surface area contributed by atoms with E-state index in [4.69, 9.17) is 0 Å². The predicted octanol–water partition coefficient (Wildman–Crippen LogP) is 1.80. The van der Waals surface area contributed by atoms with E-state index in [9.17, 15) is 4.79 Å². The van der Waals surface area contributed by atoms with E-state index in [1.807, 2.05) is 10.8 Å². The molecule has 0 bridgehead atoms. The summed E-state index contributed by atoms with van der Waals surface area (Å²) in [5.41, 5.74) is 0.0186. The molecule has 2 atom stereocenters. The maximum Gasteiger partial charge on any atom is 0.220 e. The van der Waals surface area contributed by atoms with Gasteiger partial charge in [-0.25, -0.2) is 4.98 Å². The first-order valence-corrected chi connectivity index (χ1v) is 7.91. The molecule has 0 aromatic carbocycles. The Morgan fingerprint density at radius 3 is 2.90 bits per heavy atom. The molecule has 118 valence electrons. The number of nitrogens with zero attached hydrogens (tertiary/aromatic N) is 2. The van der Waals surface area contributed by atoms with Crippen LogP contribution in [0.15, 0.2) is 18.7 Å². The lowest BCUT2D eigenvalue weighted by Crippen LogP contribution is -2.47. The molecule has 1 aromatic heterocycles. The largest absolute Gasteiger partial charge is 0.351 e. The molecule has 2 rings (SSSR count). The first-order valence-electron chi connectivity index (χ1n) is 7.91. The van der Waals surface area contributed by atoms with Crippen LogP contribution in [0.3, 0.4) is 0 Å². The zero-order valence-corrected chi connectivity index (χ0v) is 13.4. The molecule has 1 amide bonds. The molecule has 0 saturated carbocycles. The van der Waals surface area contributed by atoms with Crippen molar-refractivity contribution < 1.29 is 4.79 Å². The highest BCUT2D eigenvalue weighted by atomic mass is 16.1. The molecule has 1 fully saturated rings. The first kappa shape index (κ1) is 16.0. The van der Waals surface area contributed by atoms with Crippen molar-refractivity contribution in [2.75, 3.05) is 13.1 Å². The number of hydrogen-bond donors (Lipinski definition) is 2. The Morgan fingerprint density at radius 2 is 2.33 bits per heavy atom. The SMILES string of the molecule is CC(C)(C)C(Cn1ccnc1)NC(=O)CC1CCCNC1. The number of carbonyl (C=O) groups is 1. The van der Waals surface area contributed by atoms with Crippen LogP contribution in [0.2, 0.25) is 0 Å². The zero-order valence-electron chi connectivity index (χ0n) is 13.4. The normalized spacial score (nSPS) is 21.0. The molecular weight excluding hydrogens is 264 g/mol. The average Bonchev–Trinajstić information content (AvgIpc) is 2.91. The lowest BCUT2D eigenvalue weighted by atomic mass is 9.86. The lowest BCUT2D eigenvalue weighted by Gasteiger charge is -2.32. The van der Waals surface area contributed by atoms with Gasteiger partial charge in [-0.1, -0.05) is 20.8 Å². The van der Waals surface area contributed by atoms with Crippen molar-refractivity contribution in [1.82, 2.24) is 20.2 Å². The molecule has 5 heteroatoms. The van der Waals surface area contributed by atoms with Crippen LogP contribution in [0.4, 0.5) is 0 Å². The molecule has 1 aliphatic rings. The Labute approximate surface area is 127 Å². The monoisotopic (exact) mass is 292 g/mol. The van der Waals surface area contributed by atoms with Crippen molar-refractivity contribution in [3.05, 3.63) is 18.7 Å². The number of carbonyl (C=O) groups excluding carboxylic acids is 1. The highest BCUT2D eigenvalue weighted by Gasteiger charge is 2.27. The third-order valence-corrected chi connectivity index (χ3v) is 4.21. The maximum atomic E-state index is 12.3. The smallest absolute Gasteiger partial charge is 0.220 e. The first-order chi connectivity index (χ1) is 9.95. The van der Waals surface area contributed by atoms with E-state index in [1.54, 1.807) is 12.5 Å². The van der Waals surface area contributed by atoms with Gasteiger partial charge >= 0.3 is 0 Å². The summed E-state index contributed by atoms with van der Waals surface area (Å²) in [4.78, 5) is 16.4. The van der Waals surface area contributed by atoms with Gasteiger partial charge in [0.2, 0.25) is 5.91 Å². The highest BCUT2D eigenvalue weighted by molar-refractivity contribution is 5.76. The topological polar surface area (TPSA) is 59.0 Å². The molecular formula is C16H28N4O. The summed E-state index contributed by atoms with van der Waals surface area (Å²) >= 11 is 0. The standard InChI is InChI=1S/C16H28N4O/c1-16(2,3)14(11-20-8-7-18-12-20)19-15(21)9-13-5-4-6-17-10-13/h7-8,12-14,17H,4-6,9-11H2,1-3H3,(H,19,21). The minimum Gasteiger partial charge on any atom is -0.351 e. The summed E-state index contributed by atoms with van der Waals surface area (Å²) in [6, 6.07) is 0.107. The Morgan fingerprint density at radius 1 is 1.52 bits per heavy atom. The molecule has 2 heterocycles. The summed E-state index contributed by atoms with van der Waals surface area (Å²) in [7, 11) is 0. The van der Waals surface area contributed by atoms with Gasteiger partial charge in [-0.15, -0.1) is 0 Å². The fourth-order valence-electron chi connectivity index (χ4n) is 2.76. The van der Waals surface area contributed by atoms with Crippen molar-refractivity contribution >= 4 is 5.91 Å². The molecule has 5 nitrogen and oxygen atoms in total. The summed E-state index contributed by atoms with van der Waals surface area (Å²) < 4.78 is 2.03. The second kappa shape index (κ2) is 7.07. The van der Waals surface area contributed by atoms with Crippen LogP contribution < -0.4 is 10.6 Å². The second-order valence-electron chi connectivity index (χ2n) is 7.16. The number of piperidine rings is 1. The Hall–Kier alpha value is -1.36. The number of amides is 1. The van der Waals surface area contributed by atoms with Gasteiger partial charge in [-0.3, -0.25) is 4.79 Å². The van der Waals surface area contributed by atoms with Gasteiger partial charge in [0, 0.05) is 25.4 Å². The molecule has 1 aromatic rings. The van der Waals surface area contributed by atoms with Crippen molar-refractivity contribution in [2.24, 2.45) is 11.3 Å². The van der Waals surface area contributed by atoms with E-state index in [0.29, 0.717) is 12.3 Å². The van der Waals surface area contributed by atoms with Crippen molar-refractivity contribution in [3.63, 3.8) is 0 Å². The van der Waals surface area contributed by atoms with Gasteiger partial charge in [-0.05, 0) is 37.3 Å². The van der Waals surface area contributed by atoms with Crippen molar-refractivity contribution in [2.45, 2.75) is 52.6 Å². The highest BCUT2D eigenvalue weighted by Crippen LogP contribution is 2.22. The number of rotatable bonds is 5. The van der Waals surface area contributed by atoms with E-state index < -0.39 is 0 Å². The van der Waals surface area contributed by atoms with Crippen LogP contribution in [0.5, 0.6) is 0 Å². The Bertz CT molecular complexity index is 430. The number of nitrogens with one attached hydrogen (secondary N) is 2. The quantitative estimate of drug-likeness (QED) is 0.870. The minimum atomic E-state index is 0.0186. The molecule has 0 aliphatic carbocycles. The van der Waals surface area contributed by atoms with E-state index in [0.717, 1.165) is 26.1 Å². The molecule has 21 heavy (non-hydrogen) atoms. The fraction of sp³-hybridized carbons (Fsp3) is 0.750. The van der Waals surface area contributed by atoms with Crippen LogP contribution in [-0.2, 0) is 11.3 Å². The zero-order chi connectivity index (χ0) is 15.3. The van der Waals surface area contributed by atoms with Crippen molar-refractivity contribution in [3.8, 4) is 0 Å². The number of imidazole rings is 1. The Kier molecular flexibility index (Phi) is 5.39. The molecule has 2 unspecified atom stereocenters. The van der Waals surface area contributed by atoms with Crippen LogP contribution in [0.25, 0.3) is 0 Å². The van der Waals surface area contributed by atoms with Gasteiger partial charge < -0.3 is 15.2 Å². The molecule has 1 aliphatic heterocycles. The van der Waals surface area contributed by atoms with Crippen LogP contribution >= 0.6 is 0 Å². The van der Waals surface area contributed by atoms with Gasteiger partial charge in [0.15, 0.2) is 0 Å². The van der Waals surface area contributed by atoms with E-state index in [-0.39, 0.29) is 17.4 Å². The molecule has 0 radical (unpaired) electrons. The van der Waals surface area contributed by atoms with Gasteiger partial charge in [0.25, 0.3) is 0 Å². The minimum absolute atomic E-state index is 0.0186. The van der Waals surface area contributed by atoms with Gasteiger partial charge in [0.1, 0.15) is 0 Å². The predicted molar refractivity (Wildman–Crippen MR) is 83.8 cm³/mol. The third kappa shape index (κ3) is 5.16. The van der Waals surface area contributed by atoms with E-state index in [2.05, 4.69) is 36.4 Å². The fourth-order valence-corrected chi connectivity index (χ4v) is 2.76. The molecule has 0 spiro atoms. The van der Waals surface area contributed by atoms with E-state index >= 15 is 0 Å². The maximum absolute atomic E-state index is 12.3. The molecule has 1 saturated heterocycles. The van der Waals surface area contributed by atoms with Crippen LogP contribution in [0.1, 0.15) is 40.0 Å².